The second kappa shape index (κ2) is 34.7. The van der Waals surface area contributed by atoms with Crippen molar-refractivity contribution < 1.29 is 43.0 Å². The van der Waals surface area contributed by atoms with Gasteiger partial charge in [-0.2, -0.15) is 0 Å². The van der Waals surface area contributed by atoms with Crippen LogP contribution in [-0.2, 0) is 35.0 Å². The number of morpholine rings is 1. The largest absolute Gasteiger partial charge is 0.382 e. The maximum Gasteiger partial charge on any atom is 0.251 e. The number of ketones is 2. The SMILES string of the molecule is CCCC1CCC(=O)NC1=O.CCCCCCN(CC)c1cc(C(C)NC(=O)c2ccc(N3CCOCC3)cc2)nc(CCCOCCOCCN2CCC(Nc3cccc(C(C)=O)c3C(C)=O)CC2)n1.CNC=O. The second-order valence-electron chi connectivity index (χ2n) is 19.3. The first-order chi connectivity index (χ1) is 36.3. The van der Waals surface area contributed by atoms with Crippen LogP contribution in [0, 0.1) is 5.92 Å². The highest BCUT2D eigenvalue weighted by molar-refractivity contribution is 6.10. The number of amides is 4. The van der Waals surface area contributed by atoms with Crippen LogP contribution in [0.5, 0.6) is 0 Å². The number of hydrogen-bond donors (Lipinski definition) is 4. The van der Waals surface area contributed by atoms with Crippen LogP contribution in [-0.4, -0.2) is 149 Å². The summed E-state index contributed by atoms with van der Waals surface area (Å²) >= 11 is 0. The number of Topliss-reactive ketones (excluding diaryl/α,β-unsaturated/α-hetero) is 2. The molecule has 2 atom stereocenters. The van der Waals surface area contributed by atoms with E-state index in [1.165, 1.54) is 33.1 Å². The van der Waals surface area contributed by atoms with Gasteiger partial charge in [-0.25, -0.2) is 9.97 Å². The molecule has 0 bridgehead atoms. The Bertz CT molecular complexity index is 2220. The molecular weight excluding hydrogens is 955 g/mol. The number of carbonyl (C=O) groups is 6. The number of anilines is 3. The van der Waals surface area contributed by atoms with Crippen molar-refractivity contribution in [3.05, 3.63) is 76.7 Å². The number of aromatic nitrogens is 2. The van der Waals surface area contributed by atoms with Crippen molar-refractivity contribution in [3.8, 4) is 0 Å². The molecule has 0 radical (unpaired) electrons. The van der Waals surface area contributed by atoms with Crippen LogP contribution in [0.1, 0.15) is 161 Å². The Hall–Kier alpha value is -5.82. The molecule has 2 unspecified atom stereocenters. The first-order valence-corrected chi connectivity index (χ1v) is 27.4. The molecule has 75 heavy (non-hydrogen) atoms. The van der Waals surface area contributed by atoms with E-state index < -0.39 is 0 Å². The number of carbonyl (C=O) groups excluding carboxylic acids is 6. The normalized spacial score (nSPS) is 16.3. The molecule has 4 N–H and O–H groups in total. The molecule has 3 aromatic rings. The lowest BCUT2D eigenvalue weighted by Crippen LogP contribution is -2.40. The van der Waals surface area contributed by atoms with Crippen molar-refractivity contribution in [2.75, 3.05) is 108 Å². The van der Waals surface area contributed by atoms with E-state index in [-0.39, 0.29) is 47.3 Å². The molecule has 6 rings (SSSR count). The van der Waals surface area contributed by atoms with Gasteiger partial charge in [0.15, 0.2) is 11.6 Å². The van der Waals surface area contributed by atoms with E-state index in [9.17, 15) is 24.0 Å². The minimum Gasteiger partial charge on any atom is -0.382 e. The molecule has 2 aromatic carbocycles. The van der Waals surface area contributed by atoms with Gasteiger partial charge >= 0.3 is 0 Å². The molecule has 0 spiro atoms. The minimum atomic E-state index is -0.301. The lowest BCUT2D eigenvalue weighted by atomic mass is 9.94. The van der Waals surface area contributed by atoms with Crippen molar-refractivity contribution in [1.29, 1.82) is 0 Å². The van der Waals surface area contributed by atoms with E-state index in [1.54, 1.807) is 13.1 Å². The average Bonchev–Trinajstić information content (AvgIpc) is 3.42. The number of likely N-dealkylation sites (tertiary alicyclic amines) is 1. The second-order valence-corrected chi connectivity index (χ2v) is 19.3. The number of imide groups is 1. The van der Waals surface area contributed by atoms with Gasteiger partial charge in [-0.3, -0.25) is 34.1 Å². The Morgan fingerprint density at radius 1 is 0.867 bits per heavy atom. The fraction of sp³-hybridized carbons (Fsp3) is 0.614. The first kappa shape index (κ1) is 61.7. The zero-order chi connectivity index (χ0) is 54.4. The van der Waals surface area contributed by atoms with Gasteiger partial charge in [0.05, 0.1) is 50.3 Å². The standard InChI is InChI=1S/C47H69N7O6.C8H13NO2.C2H5NO/c1-6-8-9-10-22-53(7-2)45-34-43(35(3)48-47(57)38-16-18-40(19-17-38)54-26-30-59-31-27-54)50-44(51-45)15-12-28-58-32-33-60-29-25-52-23-20-39(21-24-52)49-42-14-11-13-41(36(4)55)46(42)37(5)56;1-2-3-6-4-5-7(10)9-8(6)11;1-3-2-4/h11,13-14,16-19,34-35,39,49H,6-10,12,15,20-33H2,1-5H3,(H,48,57);6H,2-5H2,1H3,(H,9,10,11);2H,1H3,(H,3,4). The van der Waals surface area contributed by atoms with Crippen molar-refractivity contribution >= 4 is 52.9 Å². The summed E-state index contributed by atoms with van der Waals surface area (Å²) in [6.07, 6.45) is 11.8. The van der Waals surface area contributed by atoms with E-state index in [1.807, 2.05) is 56.3 Å². The number of hydrogen-bond acceptors (Lipinski definition) is 15. The number of unbranched alkanes of at least 4 members (excludes halogenated alkanes) is 3. The van der Waals surface area contributed by atoms with Crippen LogP contribution in [0.15, 0.2) is 48.5 Å². The fourth-order valence-electron chi connectivity index (χ4n) is 9.24. The van der Waals surface area contributed by atoms with Gasteiger partial charge < -0.3 is 44.9 Å². The van der Waals surface area contributed by atoms with E-state index in [0.29, 0.717) is 62.4 Å². The van der Waals surface area contributed by atoms with Gasteiger partial charge in [0.25, 0.3) is 5.91 Å². The van der Waals surface area contributed by atoms with E-state index in [0.717, 1.165) is 133 Å². The molecule has 3 aliphatic rings. The highest BCUT2D eigenvalue weighted by atomic mass is 16.5. The van der Waals surface area contributed by atoms with Crippen LogP contribution < -0.4 is 31.1 Å². The highest BCUT2D eigenvalue weighted by Crippen LogP contribution is 2.26. The molecule has 3 fully saturated rings. The number of nitrogens with one attached hydrogen (secondary N) is 4. The quantitative estimate of drug-likeness (QED) is 0.0242. The van der Waals surface area contributed by atoms with Crippen molar-refractivity contribution in [3.63, 3.8) is 0 Å². The summed E-state index contributed by atoms with van der Waals surface area (Å²) < 4.78 is 17.3. The molecule has 4 heterocycles. The van der Waals surface area contributed by atoms with Crippen LogP contribution in [0.3, 0.4) is 0 Å². The number of benzene rings is 2. The Balaban J connectivity index is 0.000000699. The fourth-order valence-corrected chi connectivity index (χ4v) is 9.24. The molecule has 4 amide bonds. The number of nitrogens with zero attached hydrogens (tertiary/aromatic N) is 5. The smallest absolute Gasteiger partial charge is 0.251 e. The molecule has 0 saturated carbocycles. The van der Waals surface area contributed by atoms with Crippen molar-refractivity contribution in [1.82, 2.24) is 30.8 Å². The topological polar surface area (TPSA) is 214 Å². The lowest BCUT2D eigenvalue weighted by Gasteiger charge is -2.33. The summed E-state index contributed by atoms with van der Waals surface area (Å²) in [5, 5.41) is 11.3. The van der Waals surface area contributed by atoms with Gasteiger partial charge in [0.2, 0.25) is 18.2 Å². The number of ether oxygens (including phenoxy) is 3. The monoisotopic (exact) mass is 1040 g/mol. The zero-order valence-corrected chi connectivity index (χ0v) is 46.0. The number of piperidine rings is 2. The third kappa shape index (κ3) is 21.7. The Labute approximate surface area is 446 Å². The molecule has 18 nitrogen and oxygen atoms in total. The lowest BCUT2D eigenvalue weighted by molar-refractivity contribution is -0.136. The van der Waals surface area contributed by atoms with Gasteiger partial charge in [-0.1, -0.05) is 51.7 Å². The van der Waals surface area contributed by atoms with E-state index >= 15 is 0 Å². The molecule has 0 aliphatic carbocycles. The van der Waals surface area contributed by atoms with E-state index in [2.05, 4.69) is 49.8 Å². The molecular formula is C57H87N9O9. The third-order valence-corrected chi connectivity index (χ3v) is 13.5. The summed E-state index contributed by atoms with van der Waals surface area (Å²) in [5.41, 5.74) is 4.23. The highest BCUT2D eigenvalue weighted by Gasteiger charge is 2.26. The predicted octanol–water partition coefficient (Wildman–Crippen LogP) is 7.36. The predicted molar refractivity (Wildman–Crippen MR) is 295 cm³/mol. The molecule has 18 heteroatoms. The molecule has 3 aliphatic heterocycles. The van der Waals surface area contributed by atoms with Gasteiger partial charge in [-0.05, 0) is 96.6 Å². The van der Waals surface area contributed by atoms with Gasteiger partial charge in [0.1, 0.15) is 11.6 Å². The van der Waals surface area contributed by atoms with Crippen LogP contribution >= 0.6 is 0 Å². The maximum absolute atomic E-state index is 13.4. The maximum atomic E-state index is 13.4. The number of rotatable bonds is 28. The Morgan fingerprint density at radius 3 is 2.20 bits per heavy atom. The van der Waals surface area contributed by atoms with Crippen LogP contribution in [0.2, 0.25) is 0 Å². The minimum absolute atomic E-state index is 0.0805. The van der Waals surface area contributed by atoms with Crippen LogP contribution in [0.25, 0.3) is 0 Å². The van der Waals surface area contributed by atoms with E-state index in [4.69, 9.17) is 29.0 Å². The van der Waals surface area contributed by atoms with Crippen molar-refractivity contribution in [2.24, 2.45) is 5.92 Å². The van der Waals surface area contributed by atoms with Crippen molar-refractivity contribution in [2.45, 2.75) is 131 Å². The molecule has 1 aromatic heterocycles. The summed E-state index contributed by atoms with van der Waals surface area (Å²) in [7, 11) is 1.56. The third-order valence-electron chi connectivity index (χ3n) is 13.5. The van der Waals surface area contributed by atoms with Gasteiger partial charge in [-0.15, -0.1) is 0 Å². The zero-order valence-electron chi connectivity index (χ0n) is 46.0. The summed E-state index contributed by atoms with van der Waals surface area (Å²) in [6, 6.07) is 15.2. The Kier molecular flexibility index (Phi) is 28.6. The average molecular weight is 1040 g/mol. The first-order valence-electron chi connectivity index (χ1n) is 27.4. The number of aryl methyl sites for hydroxylation is 1. The molecule has 3 saturated heterocycles. The van der Waals surface area contributed by atoms with Crippen LogP contribution in [0.4, 0.5) is 17.2 Å². The summed E-state index contributed by atoms with van der Waals surface area (Å²) in [4.78, 5) is 85.6. The summed E-state index contributed by atoms with van der Waals surface area (Å²) in [5.74, 6) is 1.21. The Morgan fingerprint density at radius 2 is 1.57 bits per heavy atom. The summed E-state index contributed by atoms with van der Waals surface area (Å²) in [6.45, 7) is 21.4. The van der Waals surface area contributed by atoms with Gasteiger partial charge in [0, 0.05) is 113 Å². The molecule has 414 valence electrons.